The van der Waals surface area contributed by atoms with Gasteiger partial charge in [0.2, 0.25) is 0 Å². The number of carbonyl (C=O) groups is 1. The van der Waals surface area contributed by atoms with E-state index in [1.807, 2.05) is 4.72 Å². The van der Waals surface area contributed by atoms with Crippen molar-refractivity contribution in [3.8, 4) is 0 Å². The molecule has 8 heteroatoms. The van der Waals surface area contributed by atoms with Crippen LogP contribution >= 0.6 is 0 Å². The highest BCUT2D eigenvalue weighted by Gasteiger charge is 2.34. The van der Waals surface area contributed by atoms with Crippen LogP contribution in [0.5, 0.6) is 0 Å². The molecule has 2 rings (SSSR count). The molecule has 0 spiro atoms. The first-order valence-electron chi connectivity index (χ1n) is 7.62. The molecule has 1 heterocycles. The standard InChI is InChI=1S/C13H25N3O4S/c1-10(2)20-13(17)15-21(18,19)16-8-4-3-5-12(16)9-14-11-6-7-11/h10-12,14H,3-9H2,1-2H3,(H,15,17). The lowest BCUT2D eigenvalue weighted by Crippen LogP contribution is -2.53. The highest BCUT2D eigenvalue weighted by atomic mass is 32.2. The van der Waals surface area contributed by atoms with E-state index in [0.717, 1.165) is 19.3 Å². The maximum Gasteiger partial charge on any atom is 0.422 e. The first kappa shape index (κ1) is 16.5. The number of hydrogen-bond donors (Lipinski definition) is 2. The van der Waals surface area contributed by atoms with Gasteiger partial charge < -0.3 is 10.1 Å². The van der Waals surface area contributed by atoms with Crippen molar-refractivity contribution in [3.63, 3.8) is 0 Å². The van der Waals surface area contributed by atoms with Crippen molar-refractivity contribution in [2.24, 2.45) is 0 Å². The summed E-state index contributed by atoms with van der Waals surface area (Å²) in [6, 6.07) is 0.444. The second kappa shape index (κ2) is 6.93. The summed E-state index contributed by atoms with van der Waals surface area (Å²) < 4.78 is 32.9. The summed E-state index contributed by atoms with van der Waals surface area (Å²) in [6.45, 7) is 4.44. The SMILES string of the molecule is CC(C)OC(=O)NS(=O)(=O)N1CCCCC1CNC1CC1. The van der Waals surface area contributed by atoms with Crippen molar-refractivity contribution in [1.82, 2.24) is 14.3 Å². The van der Waals surface area contributed by atoms with Gasteiger partial charge in [0.1, 0.15) is 0 Å². The molecular formula is C13H25N3O4S. The van der Waals surface area contributed by atoms with Gasteiger partial charge in [0, 0.05) is 25.2 Å². The van der Waals surface area contributed by atoms with Crippen molar-refractivity contribution in [2.75, 3.05) is 13.1 Å². The summed E-state index contributed by atoms with van der Waals surface area (Å²) in [7, 11) is -3.84. The van der Waals surface area contributed by atoms with E-state index in [1.165, 1.54) is 17.1 Å². The number of amides is 1. The lowest BCUT2D eigenvalue weighted by Gasteiger charge is -2.34. The molecular weight excluding hydrogens is 294 g/mol. The van der Waals surface area contributed by atoms with E-state index in [1.54, 1.807) is 13.8 Å². The molecule has 7 nitrogen and oxygen atoms in total. The quantitative estimate of drug-likeness (QED) is 0.762. The Morgan fingerprint density at radius 3 is 2.62 bits per heavy atom. The molecule has 2 fully saturated rings. The number of nitrogens with one attached hydrogen (secondary N) is 2. The van der Waals surface area contributed by atoms with E-state index < -0.39 is 16.3 Å². The zero-order chi connectivity index (χ0) is 15.5. The first-order valence-corrected chi connectivity index (χ1v) is 9.06. The summed E-state index contributed by atoms with van der Waals surface area (Å²) in [5, 5.41) is 3.36. The van der Waals surface area contributed by atoms with E-state index >= 15 is 0 Å². The minimum atomic E-state index is -3.84. The van der Waals surface area contributed by atoms with Gasteiger partial charge in [-0.3, -0.25) is 0 Å². The minimum absolute atomic E-state index is 0.0938. The third-order valence-corrected chi connectivity index (χ3v) is 5.18. The molecule has 21 heavy (non-hydrogen) atoms. The van der Waals surface area contributed by atoms with Gasteiger partial charge in [-0.1, -0.05) is 6.42 Å². The maximum atomic E-state index is 12.3. The van der Waals surface area contributed by atoms with Crippen molar-refractivity contribution < 1.29 is 17.9 Å². The molecule has 1 unspecified atom stereocenters. The molecule has 1 saturated carbocycles. The van der Waals surface area contributed by atoms with Crippen molar-refractivity contribution in [1.29, 1.82) is 0 Å². The van der Waals surface area contributed by atoms with Gasteiger partial charge >= 0.3 is 16.3 Å². The van der Waals surface area contributed by atoms with Crippen LogP contribution in [0.1, 0.15) is 46.0 Å². The number of carbonyl (C=O) groups excluding carboxylic acids is 1. The van der Waals surface area contributed by atoms with E-state index in [4.69, 9.17) is 4.74 Å². The molecule has 1 amide bonds. The zero-order valence-corrected chi connectivity index (χ0v) is 13.5. The Labute approximate surface area is 126 Å². The van der Waals surface area contributed by atoms with E-state index in [9.17, 15) is 13.2 Å². The number of hydrogen-bond acceptors (Lipinski definition) is 5. The van der Waals surface area contributed by atoms with E-state index in [-0.39, 0.29) is 12.1 Å². The fourth-order valence-electron chi connectivity index (χ4n) is 2.49. The summed E-state index contributed by atoms with van der Waals surface area (Å²) in [5.74, 6) is 0. The fraction of sp³-hybridized carbons (Fsp3) is 0.923. The summed E-state index contributed by atoms with van der Waals surface area (Å²) >= 11 is 0. The number of ether oxygens (including phenoxy) is 1. The Balaban J connectivity index is 1.95. The molecule has 0 radical (unpaired) electrons. The lowest BCUT2D eigenvalue weighted by atomic mass is 10.1. The topological polar surface area (TPSA) is 87.7 Å². The van der Waals surface area contributed by atoms with Crippen LogP contribution in [0.15, 0.2) is 0 Å². The number of nitrogens with zero attached hydrogens (tertiary/aromatic N) is 1. The predicted molar refractivity (Wildman–Crippen MR) is 79.0 cm³/mol. The Hall–Kier alpha value is -0.860. The van der Waals surface area contributed by atoms with Crippen LogP contribution in [0.3, 0.4) is 0 Å². The number of rotatable bonds is 6. The van der Waals surface area contributed by atoms with Crippen molar-refractivity contribution >= 4 is 16.3 Å². The van der Waals surface area contributed by atoms with Crippen LogP contribution in [0.2, 0.25) is 0 Å². The molecule has 0 aromatic carbocycles. The summed E-state index contributed by atoms with van der Waals surface area (Å²) in [6.07, 6.45) is 3.72. The average molecular weight is 319 g/mol. The Kier molecular flexibility index (Phi) is 5.45. The maximum absolute atomic E-state index is 12.3. The van der Waals surface area contributed by atoms with Gasteiger partial charge in [-0.2, -0.15) is 12.7 Å². The van der Waals surface area contributed by atoms with E-state index in [0.29, 0.717) is 19.1 Å². The summed E-state index contributed by atoms with van der Waals surface area (Å²) in [4.78, 5) is 11.5. The van der Waals surface area contributed by atoms with Crippen LogP contribution in [-0.4, -0.2) is 50.1 Å². The molecule has 1 saturated heterocycles. The monoisotopic (exact) mass is 319 g/mol. The van der Waals surface area contributed by atoms with Crippen LogP contribution < -0.4 is 10.0 Å². The van der Waals surface area contributed by atoms with E-state index in [2.05, 4.69) is 5.32 Å². The largest absolute Gasteiger partial charge is 0.446 e. The van der Waals surface area contributed by atoms with Crippen LogP contribution in [0.25, 0.3) is 0 Å². The summed E-state index contributed by atoms with van der Waals surface area (Å²) in [5.41, 5.74) is 0. The van der Waals surface area contributed by atoms with Crippen LogP contribution in [-0.2, 0) is 14.9 Å². The molecule has 2 N–H and O–H groups in total. The van der Waals surface area contributed by atoms with Crippen molar-refractivity contribution in [2.45, 2.75) is 64.1 Å². The van der Waals surface area contributed by atoms with Gasteiger partial charge in [0.15, 0.2) is 0 Å². The normalized spacial score (nSPS) is 24.0. The molecule has 0 bridgehead atoms. The Bertz CT molecular complexity index is 462. The molecule has 1 aliphatic carbocycles. The second-order valence-corrected chi connectivity index (χ2v) is 7.63. The van der Waals surface area contributed by atoms with Crippen molar-refractivity contribution in [3.05, 3.63) is 0 Å². The molecule has 1 aliphatic heterocycles. The Morgan fingerprint density at radius 2 is 2.00 bits per heavy atom. The predicted octanol–water partition coefficient (Wildman–Crippen LogP) is 0.972. The Morgan fingerprint density at radius 1 is 1.29 bits per heavy atom. The molecule has 122 valence electrons. The molecule has 0 aromatic rings. The third-order valence-electron chi connectivity index (χ3n) is 3.66. The van der Waals surface area contributed by atoms with Gasteiger partial charge in [-0.25, -0.2) is 9.52 Å². The third kappa shape index (κ3) is 5.12. The highest BCUT2D eigenvalue weighted by molar-refractivity contribution is 7.87. The van der Waals surface area contributed by atoms with Crippen LogP contribution in [0, 0.1) is 0 Å². The first-order chi connectivity index (χ1) is 9.88. The minimum Gasteiger partial charge on any atom is -0.446 e. The van der Waals surface area contributed by atoms with Crippen LogP contribution in [0.4, 0.5) is 4.79 Å². The molecule has 2 aliphatic rings. The lowest BCUT2D eigenvalue weighted by molar-refractivity contribution is 0.120. The average Bonchev–Trinajstić information content (AvgIpc) is 3.19. The van der Waals surface area contributed by atoms with Gasteiger partial charge in [-0.05, 0) is 39.5 Å². The smallest absolute Gasteiger partial charge is 0.422 e. The molecule has 1 atom stereocenters. The van der Waals surface area contributed by atoms with Gasteiger partial charge in [0.25, 0.3) is 0 Å². The zero-order valence-electron chi connectivity index (χ0n) is 12.7. The molecule has 0 aromatic heterocycles. The number of piperidine rings is 1. The fourth-order valence-corrected chi connectivity index (χ4v) is 3.80. The van der Waals surface area contributed by atoms with Gasteiger partial charge in [-0.15, -0.1) is 0 Å². The highest BCUT2D eigenvalue weighted by Crippen LogP contribution is 2.22. The second-order valence-electron chi connectivity index (χ2n) is 6.00. The van der Waals surface area contributed by atoms with Gasteiger partial charge in [0.05, 0.1) is 6.10 Å².